The Bertz CT molecular complexity index is 955. The lowest BCUT2D eigenvalue weighted by Crippen LogP contribution is -2.26. The van der Waals surface area contributed by atoms with Crippen LogP contribution >= 0.6 is 0 Å². The van der Waals surface area contributed by atoms with Crippen molar-refractivity contribution < 1.29 is 14.2 Å². The normalized spacial score (nSPS) is 11.9. The molecule has 0 amide bonds. The largest absolute Gasteiger partial charge is 0.497 e. The van der Waals surface area contributed by atoms with Gasteiger partial charge in [-0.25, -0.2) is 0 Å². The van der Waals surface area contributed by atoms with Crippen LogP contribution in [0.15, 0.2) is 48.5 Å². The zero-order chi connectivity index (χ0) is 22.2. The van der Waals surface area contributed by atoms with Gasteiger partial charge in [-0.2, -0.15) is 4.98 Å². The number of aromatic nitrogens is 3. The third kappa shape index (κ3) is 5.32. The van der Waals surface area contributed by atoms with Crippen LogP contribution in [0.3, 0.4) is 0 Å². The topological polar surface area (TPSA) is 66.4 Å². The quantitative estimate of drug-likeness (QED) is 0.411. The molecule has 0 bridgehead atoms. The molecular weight excluding hydrogens is 390 g/mol. The minimum Gasteiger partial charge on any atom is -0.497 e. The molecule has 0 aliphatic rings. The van der Waals surface area contributed by atoms with E-state index in [9.17, 15) is 0 Å². The molecule has 6 nitrogen and oxygen atoms in total. The van der Waals surface area contributed by atoms with Crippen molar-refractivity contribution in [2.45, 2.75) is 46.1 Å². The van der Waals surface area contributed by atoms with Crippen molar-refractivity contribution in [2.24, 2.45) is 5.92 Å². The van der Waals surface area contributed by atoms with Gasteiger partial charge < -0.3 is 14.2 Å². The molecule has 6 heteroatoms. The third-order valence-electron chi connectivity index (χ3n) is 5.63. The molecule has 0 saturated heterocycles. The molecule has 0 N–H and O–H groups in total. The number of hydrogen-bond acceptors (Lipinski definition) is 6. The molecule has 0 spiro atoms. The zero-order valence-corrected chi connectivity index (χ0v) is 19.0. The summed E-state index contributed by atoms with van der Waals surface area (Å²) < 4.78 is 16.8. The fourth-order valence-corrected chi connectivity index (χ4v) is 3.72. The Kier molecular flexibility index (Phi) is 7.82. The van der Waals surface area contributed by atoms with Crippen LogP contribution in [0.1, 0.15) is 40.0 Å². The zero-order valence-electron chi connectivity index (χ0n) is 19.0. The first-order valence-electron chi connectivity index (χ1n) is 10.8. The molecule has 3 aromatic rings. The molecule has 164 valence electrons. The Labute approximate surface area is 184 Å². The molecule has 0 fully saturated rings. The second-order valence-electron chi connectivity index (χ2n) is 7.39. The van der Waals surface area contributed by atoms with E-state index in [0.29, 0.717) is 17.6 Å². The lowest BCUT2D eigenvalue weighted by Gasteiger charge is -2.24. The fraction of sp³-hybridized carbons (Fsp3) is 0.400. The van der Waals surface area contributed by atoms with Crippen LogP contribution in [0, 0.1) is 5.92 Å². The summed E-state index contributed by atoms with van der Waals surface area (Å²) in [7, 11) is 3.30. The molecule has 2 aromatic carbocycles. The van der Waals surface area contributed by atoms with Gasteiger partial charge in [-0.15, -0.1) is 5.10 Å². The summed E-state index contributed by atoms with van der Waals surface area (Å²) in [6, 6.07) is 15.8. The number of methoxy groups -OCH3 is 2. The first-order valence-corrected chi connectivity index (χ1v) is 10.8. The van der Waals surface area contributed by atoms with Crippen LogP contribution in [0.4, 0.5) is 0 Å². The van der Waals surface area contributed by atoms with Crippen LogP contribution in [0.25, 0.3) is 22.5 Å². The highest BCUT2D eigenvalue weighted by molar-refractivity contribution is 5.78. The van der Waals surface area contributed by atoms with Gasteiger partial charge in [-0.1, -0.05) is 25.9 Å². The second kappa shape index (κ2) is 10.8. The molecule has 0 aliphatic carbocycles. The van der Waals surface area contributed by atoms with Gasteiger partial charge in [-0.3, -0.25) is 0 Å². The summed E-state index contributed by atoms with van der Waals surface area (Å²) in [6.07, 6.45) is 3.07. The summed E-state index contributed by atoms with van der Waals surface area (Å²) in [5.74, 6) is 2.03. The van der Waals surface area contributed by atoms with E-state index in [1.54, 1.807) is 14.2 Å². The van der Waals surface area contributed by atoms with E-state index in [1.807, 2.05) is 48.5 Å². The van der Waals surface area contributed by atoms with E-state index < -0.39 is 0 Å². The van der Waals surface area contributed by atoms with Crippen molar-refractivity contribution >= 4 is 0 Å². The van der Waals surface area contributed by atoms with Gasteiger partial charge in [-0.05, 0) is 73.7 Å². The first kappa shape index (κ1) is 22.5. The van der Waals surface area contributed by atoms with Gasteiger partial charge in [0.05, 0.1) is 14.2 Å². The second-order valence-corrected chi connectivity index (χ2v) is 7.39. The minimum atomic E-state index is 0.0624. The molecule has 1 aromatic heterocycles. The van der Waals surface area contributed by atoms with Crippen LogP contribution in [0.5, 0.6) is 17.5 Å². The third-order valence-corrected chi connectivity index (χ3v) is 5.63. The molecule has 1 heterocycles. The number of benzene rings is 2. The minimum absolute atomic E-state index is 0.0624. The van der Waals surface area contributed by atoms with Gasteiger partial charge in [0.2, 0.25) is 0 Å². The van der Waals surface area contributed by atoms with Gasteiger partial charge in [0, 0.05) is 11.1 Å². The Balaban J connectivity index is 2.03. The van der Waals surface area contributed by atoms with E-state index in [0.717, 1.165) is 47.6 Å². The van der Waals surface area contributed by atoms with Gasteiger partial charge in [0.25, 0.3) is 0 Å². The van der Waals surface area contributed by atoms with E-state index >= 15 is 0 Å². The Hall–Kier alpha value is -3.15. The molecule has 1 unspecified atom stereocenters. The number of ether oxygens (including phenoxy) is 3. The highest BCUT2D eigenvalue weighted by atomic mass is 16.5. The smallest absolute Gasteiger partial charge is 0.336 e. The monoisotopic (exact) mass is 421 g/mol. The van der Waals surface area contributed by atoms with Crippen molar-refractivity contribution in [3.8, 4) is 40.0 Å². The maximum absolute atomic E-state index is 6.21. The maximum atomic E-state index is 6.21. The van der Waals surface area contributed by atoms with E-state index in [4.69, 9.17) is 19.2 Å². The summed E-state index contributed by atoms with van der Waals surface area (Å²) in [6.45, 7) is 6.51. The SMILES string of the molecule is CCC(CC)C(CC)Oc1nnc(-c2ccc(OC)cc2)c(-c2ccc(OC)cc2)n1. The lowest BCUT2D eigenvalue weighted by molar-refractivity contribution is 0.111. The molecule has 0 aliphatic heterocycles. The standard InChI is InChI=1S/C25H31N3O3/c1-6-17(7-2)22(8-3)31-25-26-23(18-9-13-20(29-4)14-10-18)24(27-28-25)19-11-15-21(30-5)16-12-19/h9-17,22H,6-8H2,1-5H3. The van der Waals surface area contributed by atoms with Gasteiger partial charge >= 0.3 is 6.01 Å². The number of nitrogens with zero attached hydrogens (tertiary/aromatic N) is 3. The van der Waals surface area contributed by atoms with Crippen LogP contribution in [-0.2, 0) is 0 Å². The Morgan fingerprint density at radius 3 is 1.65 bits per heavy atom. The van der Waals surface area contributed by atoms with Crippen molar-refractivity contribution in [1.29, 1.82) is 0 Å². The Morgan fingerprint density at radius 2 is 1.19 bits per heavy atom. The lowest BCUT2D eigenvalue weighted by atomic mass is 9.95. The Morgan fingerprint density at radius 1 is 0.677 bits per heavy atom. The first-order chi connectivity index (χ1) is 15.1. The highest BCUT2D eigenvalue weighted by Crippen LogP contribution is 2.32. The molecular formula is C25H31N3O3. The summed E-state index contributed by atoms with van der Waals surface area (Å²) >= 11 is 0. The van der Waals surface area contributed by atoms with Crippen LogP contribution in [0.2, 0.25) is 0 Å². The fourth-order valence-electron chi connectivity index (χ4n) is 3.72. The predicted molar refractivity (Wildman–Crippen MR) is 123 cm³/mol. The molecule has 3 rings (SSSR count). The average molecular weight is 422 g/mol. The van der Waals surface area contributed by atoms with Crippen molar-refractivity contribution in [3.05, 3.63) is 48.5 Å². The van der Waals surface area contributed by atoms with E-state index in [1.165, 1.54) is 0 Å². The van der Waals surface area contributed by atoms with Crippen LogP contribution in [-0.4, -0.2) is 35.5 Å². The van der Waals surface area contributed by atoms with Crippen molar-refractivity contribution in [2.75, 3.05) is 14.2 Å². The number of rotatable bonds is 10. The molecule has 31 heavy (non-hydrogen) atoms. The van der Waals surface area contributed by atoms with E-state index in [-0.39, 0.29) is 6.10 Å². The van der Waals surface area contributed by atoms with Crippen molar-refractivity contribution in [1.82, 2.24) is 15.2 Å². The van der Waals surface area contributed by atoms with Crippen LogP contribution < -0.4 is 14.2 Å². The summed E-state index contributed by atoms with van der Waals surface area (Å²) in [5.41, 5.74) is 3.24. The van der Waals surface area contributed by atoms with Gasteiger partial charge in [0.15, 0.2) is 0 Å². The van der Waals surface area contributed by atoms with Gasteiger partial charge in [0.1, 0.15) is 29.0 Å². The highest BCUT2D eigenvalue weighted by Gasteiger charge is 2.21. The summed E-state index contributed by atoms with van der Waals surface area (Å²) in [4.78, 5) is 4.79. The molecule has 0 radical (unpaired) electrons. The summed E-state index contributed by atoms with van der Waals surface area (Å²) in [5, 5.41) is 8.83. The predicted octanol–water partition coefficient (Wildman–Crippen LogP) is 5.82. The molecule has 1 atom stereocenters. The maximum Gasteiger partial charge on any atom is 0.336 e. The molecule has 0 saturated carbocycles. The van der Waals surface area contributed by atoms with E-state index in [2.05, 4.69) is 31.0 Å². The van der Waals surface area contributed by atoms with Crippen molar-refractivity contribution in [3.63, 3.8) is 0 Å². The number of hydrogen-bond donors (Lipinski definition) is 0. The average Bonchev–Trinajstić information content (AvgIpc) is 2.84.